The van der Waals surface area contributed by atoms with Crippen LogP contribution < -0.4 is 16.6 Å². The molecule has 2 aromatic carbocycles. The second-order valence-corrected chi connectivity index (χ2v) is 5.79. The van der Waals surface area contributed by atoms with E-state index in [9.17, 15) is 18.8 Å². The zero-order chi connectivity index (χ0) is 19.6. The molecule has 0 atom stereocenters. The Morgan fingerprint density at radius 1 is 1.07 bits per heavy atom. The number of primary amides is 1. The van der Waals surface area contributed by atoms with Gasteiger partial charge in [-0.05, 0) is 55.0 Å². The molecule has 136 valence electrons. The molecular weight excluding hydrogens is 351 g/mol. The van der Waals surface area contributed by atoms with Gasteiger partial charge in [0.25, 0.3) is 11.5 Å². The summed E-state index contributed by atoms with van der Waals surface area (Å²) in [5.41, 5.74) is 6.46. The minimum atomic E-state index is -0.617. The highest BCUT2D eigenvalue weighted by molar-refractivity contribution is 6.04. The fourth-order valence-corrected chi connectivity index (χ4v) is 2.40. The van der Waals surface area contributed by atoms with Crippen LogP contribution in [0.2, 0.25) is 0 Å². The maximum atomic E-state index is 13.1. The van der Waals surface area contributed by atoms with Crippen molar-refractivity contribution in [1.82, 2.24) is 9.78 Å². The van der Waals surface area contributed by atoms with Crippen LogP contribution >= 0.6 is 0 Å². The topological polar surface area (TPSA) is 107 Å². The van der Waals surface area contributed by atoms with Crippen molar-refractivity contribution >= 4 is 17.5 Å². The first-order chi connectivity index (χ1) is 12.8. The fraction of sp³-hybridized carbons (Fsp3) is 0.0526. The van der Waals surface area contributed by atoms with Gasteiger partial charge in [-0.3, -0.25) is 14.4 Å². The molecule has 7 nitrogen and oxygen atoms in total. The Balaban J connectivity index is 1.93. The second kappa shape index (κ2) is 7.20. The van der Waals surface area contributed by atoms with Gasteiger partial charge in [0.1, 0.15) is 11.5 Å². The number of aryl methyl sites for hydroxylation is 1. The molecule has 3 N–H and O–H groups in total. The third-order valence-corrected chi connectivity index (χ3v) is 3.87. The molecule has 27 heavy (non-hydrogen) atoms. The van der Waals surface area contributed by atoms with Crippen LogP contribution in [-0.2, 0) is 0 Å². The second-order valence-electron chi connectivity index (χ2n) is 5.79. The predicted molar refractivity (Wildman–Crippen MR) is 97.4 cm³/mol. The van der Waals surface area contributed by atoms with Crippen molar-refractivity contribution in [1.29, 1.82) is 0 Å². The third kappa shape index (κ3) is 3.90. The number of benzene rings is 2. The molecule has 8 heteroatoms. The van der Waals surface area contributed by atoms with Crippen LogP contribution in [0.5, 0.6) is 0 Å². The third-order valence-electron chi connectivity index (χ3n) is 3.87. The van der Waals surface area contributed by atoms with Crippen molar-refractivity contribution in [3.63, 3.8) is 0 Å². The summed E-state index contributed by atoms with van der Waals surface area (Å²) in [6.07, 6.45) is 0. The van der Waals surface area contributed by atoms with E-state index in [0.29, 0.717) is 11.4 Å². The van der Waals surface area contributed by atoms with Crippen molar-refractivity contribution in [2.75, 3.05) is 5.32 Å². The molecule has 0 fully saturated rings. The Hall–Kier alpha value is -3.81. The van der Waals surface area contributed by atoms with Crippen LogP contribution in [-0.4, -0.2) is 21.6 Å². The Morgan fingerprint density at radius 3 is 2.44 bits per heavy atom. The van der Waals surface area contributed by atoms with E-state index < -0.39 is 23.2 Å². The molecule has 0 spiro atoms. The van der Waals surface area contributed by atoms with Crippen molar-refractivity contribution < 1.29 is 14.0 Å². The van der Waals surface area contributed by atoms with Crippen molar-refractivity contribution in [2.24, 2.45) is 5.73 Å². The molecule has 3 rings (SSSR count). The molecule has 3 aromatic rings. The minimum Gasteiger partial charge on any atom is -0.366 e. The number of hydrogen-bond acceptors (Lipinski definition) is 4. The largest absolute Gasteiger partial charge is 0.366 e. The SMILES string of the molecule is Cc1ccc(C(N)=O)cc1NC(=O)c1ccc(=O)n(-c2ccc(F)cc2)n1. The maximum absolute atomic E-state index is 13.1. The summed E-state index contributed by atoms with van der Waals surface area (Å²) in [6.45, 7) is 1.76. The van der Waals surface area contributed by atoms with E-state index in [1.54, 1.807) is 19.1 Å². The van der Waals surface area contributed by atoms with Crippen LogP contribution in [0, 0.1) is 12.7 Å². The highest BCUT2D eigenvalue weighted by atomic mass is 19.1. The Morgan fingerprint density at radius 2 is 1.78 bits per heavy atom. The van der Waals surface area contributed by atoms with E-state index in [0.717, 1.165) is 10.2 Å². The van der Waals surface area contributed by atoms with E-state index in [-0.39, 0.29) is 11.3 Å². The van der Waals surface area contributed by atoms with Gasteiger partial charge in [0.05, 0.1) is 5.69 Å². The van der Waals surface area contributed by atoms with Gasteiger partial charge in [0.15, 0.2) is 0 Å². The maximum Gasteiger partial charge on any atom is 0.276 e. The molecule has 0 unspecified atom stereocenters. The van der Waals surface area contributed by atoms with Gasteiger partial charge in [-0.25, -0.2) is 4.39 Å². The number of halogens is 1. The zero-order valence-electron chi connectivity index (χ0n) is 14.3. The first kappa shape index (κ1) is 18.0. The number of amides is 2. The zero-order valence-corrected chi connectivity index (χ0v) is 14.3. The molecule has 1 aromatic heterocycles. The van der Waals surface area contributed by atoms with Crippen molar-refractivity contribution in [2.45, 2.75) is 6.92 Å². The lowest BCUT2D eigenvalue weighted by Crippen LogP contribution is -2.25. The smallest absolute Gasteiger partial charge is 0.276 e. The summed E-state index contributed by atoms with van der Waals surface area (Å²) in [5, 5.41) is 6.68. The van der Waals surface area contributed by atoms with Crippen molar-refractivity contribution in [3.05, 3.63) is 87.6 Å². The van der Waals surface area contributed by atoms with Crippen LogP contribution in [0.1, 0.15) is 26.4 Å². The predicted octanol–water partition coefficient (Wildman–Crippen LogP) is 2.03. The van der Waals surface area contributed by atoms with Gasteiger partial charge in [-0.15, -0.1) is 0 Å². The van der Waals surface area contributed by atoms with Crippen LogP contribution in [0.25, 0.3) is 5.69 Å². The quantitative estimate of drug-likeness (QED) is 0.737. The molecule has 0 aliphatic carbocycles. The monoisotopic (exact) mass is 366 g/mol. The summed E-state index contributed by atoms with van der Waals surface area (Å²) in [7, 11) is 0. The molecule has 0 aliphatic rings. The number of carbonyl (C=O) groups is 2. The normalized spacial score (nSPS) is 10.4. The average Bonchev–Trinajstić information content (AvgIpc) is 2.64. The molecule has 2 amide bonds. The van der Waals surface area contributed by atoms with Gasteiger partial charge < -0.3 is 11.1 Å². The van der Waals surface area contributed by atoms with E-state index in [4.69, 9.17) is 5.73 Å². The van der Waals surface area contributed by atoms with Gasteiger partial charge in [0.2, 0.25) is 5.91 Å². The van der Waals surface area contributed by atoms with Crippen molar-refractivity contribution in [3.8, 4) is 5.69 Å². The number of nitrogens with two attached hydrogens (primary N) is 1. The van der Waals surface area contributed by atoms with Gasteiger partial charge in [-0.1, -0.05) is 6.07 Å². The average molecular weight is 366 g/mol. The number of hydrogen-bond donors (Lipinski definition) is 2. The molecule has 0 saturated heterocycles. The summed E-state index contributed by atoms with van der Waals surface area (Å²) in [4.78, 5) is 35.9. The van der Waals surface area contributed by atoms with E-state index in [2.05, 4.69) is 10.4 Å². The highest BCUT2D eigenvalue weighted by Gasteiger charge is 2.13. The number of aromatic nitrogens is 2. The number of nitrogens with zero attached hydrogens (tertiary/aromatic N) is 2. The van der Waals surface area contributed by atoms with Crippen LogP contribution in [0.15, 0.2) is 59.4 Å². The Bertz CT molecular complexity index is 1090. The molecule has 0 radical (unpaired) electrons. The molecule has 1 heterocycles. The number of carbonyl (C=O) groups excluding carboxylic acids is 2. The first-order valence-corrected chi connectivity index (χ1v) is 7.93. The Labute approximate surface area is 153 Å². The van der Waals surface area contributed by atoms with Gasteiger partial charge in [-0.2, -0.15) is 9.78 Å². The fourth-order valence-electron chi connectivity index (χ4n) is 2.40. The highest BCUT2D eigenvalue weighted by Crippen LogP contribution is 2.17. The summed E-state index contributed by atoms with van der Waals surface area (Å²) < 4.78 is 14.1. The first-order valence-electron chi connectivity index (χ1n) is 7.93. The summed E-state index contributed by atoms with van der Waals surface area (Å²) in [6, 6.07) is 12.3. The lowest BCUT2D eigenvalue weighted by molar-refractivity contribution is 0.0995. The van der Waals surface area contributed by atoms with Gasteiger partial charge >= 0.3 is 0 Å². The van der Waals surface area contributed by atoms with E-state index in [1.165, 1.54) is 42.5 Å². The van der Waals surface area contributed by atoms with Gasteiger partial charge in [0, 0.05) is 17.3 Å². The molecule has 0 aliphatic heterocycles. The molecular formula is C19H15FN4O3. The number of anilines is 1. The molecule has 0 saturated carbocycles. The van der Waals surface area contributed by atoms with Crippen LogP contribution in [0.3, 0.4) is 0 Å². The standard InChI is InChI=1S/C19H15FN4O3/c1-11-2-3-12(18(21)26)10-16(11)22-19(27)15-8-9-17(25)24(23-15)14-6-4-13(20)5-7-14/h2-10H,1H3,(H2,21,26)(H,22,27). The number of nitrogens with one attached hydrogen (secondary N) is 1. The molecule has 0 bridgehead atoms. The lowest BCUT2D eigenvalue weighted by atomic mass is 10.1. The minimum absolute atomic E-state index is 0.0252. The number of rotatable bonds is 4. The summed E-state index contributed by atoms with van der Waals surface area (Å²) in [5.74, 6) is -1.64. The lowest BCUT2D eigenvalue weighted by Gasteiger charge is -2.10. The summed E-state index contributed by atoms with van der Waals surface area (Å²) >= 11 is 0. The Kier molecular flexibility index (Phi) is 4.80. The van der Waals surface area contributed by atoms with E-state index in [1.807, 2.05) is 0 Å². The van der Waals surface area contributed by atoms with Crippen LogP contribution in [0.4, 0.5) is 10.1 Å². The van der Waals surface area contributed by atoms with E-state index >= 15 is 0 Å².